The van der Waals surface area contributed by atoms with Gasteiger partial charge in [-0.3, -0.25) is 0 Å². The van der Waals surface area contributed by atoms with E-state index in [-0.39, 0.29) is 0 Å². The summed E-state index contributed by atoms with van der Waals surface area (Å²) >= 11 is 0. The largest absolute Gasteiger partial charge is 0.237 e. The summed E-state index contributed by atoms with van der Waals surface area (Å²) in [4.78, 5) is 9.63. The van der Waals surface area contributed by atoms with E-state index in [4.69, 9.17) is 4.98 Å². The molecule has 0 radical (unpaired) electrons. The first-order chi connectivity index (χ1) is 19.4. The van der Waals surface area contributed by atoms with Crippen LogP contribution in [0.15, 0.2) is 121 Å². The molecule has 0 aliphatic rings. The highest BCUT2D eigenvalue weighted by Gasteiger charge is 2.09. The lowest BCUT2D eigenvalue weighted by molar-refractivity contribution is 1.18. The van der Waals surface area contributed by atoms with Gasteiger partial charge in [-0.25, -0.2) is 9.97 Å². The molecule has 6 rings (SSSR count). The molecule has 0 saturated carbocycles. The summed E-state index contributed by atoms with van der Waals surface area (Å²) in [5.41, 5.74) is 15.3. The summed E-state index contributed by atoms with van der Waals surface area (Å²) in [6.07, 6.45) is 1.86. The van der Waals surface area contributed by atoms with Crippen LogP contribution < -0.4 is 0 Å². The summed E-state index contributed by atoms with van der Waals surface area (Å²) in [6, 6.07) is 41.2. The molecule has 40 heavy (non-hydrogen) atoms. The third kappa shape index (κ3) is 5.48. The quantitative estimate of drug-likeness (QED) is 0.228. The predicted molar refractivity (Wildman–Crippen MR) is 168 cm³/mol. The van der Waals surface area contributed by atoms with E-state index >= 15 is 0 Å². The average Bonchev–Trinajstić information content (AvgIpc) is 2.96. The molecule has 0 spiro atoms. The smallest absolute Gasteiger partial charge is 0.159 e. The summed E-state index contributed by atoms with van der Waals surface area (Å²) < 4.78 is 0. The number of hydrogen-bond donors (Lipinski definition) is 0. The average molecular weight is 517 g/mol. The molecule has 0 aliphatic carbocycles. The molecule has 2 heteroatoms. The summed E-state index contributed by atoms with van der Waals surface area (Å²) in [7, 11) is 0. The van der Waals surface area contributed by atoms with Gasteiger partial charge in [0.15, 0.2) is 5.82 Å². The van der Waals surface area contributed by atoms with E-state index in [1.54, 1.807) is 0 Å². The maximum atomic E-state index is 4.99. The first kappa shape index (κ1) is 25.5. The van der Waals surface area contributed by atoms with Crippen LogP contribution in [0.4, 0.5) is 0 Å². The zero-order valence-corrected chi connectivity index (χ0v) is 23.4. The maximum absolute atomic E-state index is 4.99. The molecule has 1 aromatic heterocycles. The fraction of sp³-hybridized carbons (Fsp3) is 0.105. The third-order valence-corrected chi connectivity index (χ3v) is 7.24. The lowest BCUT2D eigenvalue weighted by Crippen LogP contribution is -1.93. The minimum atomic E-state index is 0.728. The zero-order chi connectivity index (χ0) is 27.6. The van der Waals surface area contributed by atoms with Gasteiger partial charge >= 0.3 is 0 Å². The first-order valence-corrected chi connectivity index (χ1v) is 13.7. The topological polar surface area (TPSA) is 25.8 Å². The van der Waals surface area contributed by atoms with E-state index < -0.39 is 0 Å². The zero-order valence-electron chi connectivity index (χ0n) is 23.4. The van der Waals surface area contributed by atoms with E-state index in [2.05, 4.69) is 142 Å². The Labute approximate surface area is 237 Å². The van der Waals surface area contributed by atoms with E-state index in [0.29, 0.717) is 0 Å². The van der Waals surface area contributed by atoms with E-state index in [1.165, 1.54) is 55.6 Å². The fourth-order valence-corrected chi connectivity index (χ4v) is 5.52. The van der Waals surface area contributed by atoms with Crippen LogP contribution in [-0.2, 0) is 0 Å². The van der Waals surface area contributed by atoms with Crippen LogP contribution in [-0.4, -0.2) is 9.97 Å². The number of aryl methyl sites for hydroxylation is 4. The van der Waals surface area contributed by atoms with Crippen molar-refractivity contribution < 1.29 is 0 Å². The van der Waals surface area contributed by atoms with Gasteiger partial charge in [-0.15, -0.1) is 0 Å². The molecule has 0 fully saturated rings. The highest BCUT2D eigenvalue weighted by Crippen LogP contribution is 2.31. The Hall–Kier alpha value is -4.82. The Balaban J connectivity index is 1.33. The number of rotatable bonds is 5. The Kier molecular flexibility index (Phi) is 6.84. The summed E-state index contributed by atoms with van der Waals surface area (Å²) in [6.45, 7) is 8.58. The molecule has 0 N–H and O–H groups in total. The molecular weight excluding hydrogens is 484 g/mol. The number of aromatic nitrogens is 2. The van der Waals surface area contributed by atoms with Crippen LogP contribution in [0.25, 0.3) is 56.0 Å². The fourth-order valence-electron chi connectivity index (χ4n) is 5.52. The molecule has 0 aliphatic heterocycles. The molecule has 2 nitrogen and oxygen atoms in total. The number of benzene rings is 5. The van der Waals surface area contributed by atoms with Crippen molar-refractivity contribution in [3.8, 4) is 56.0 Å². The Morgan fingerprint density at radius 1 is 0.375 bits per heavy atom. The molecule has 194 valence electrons. The highest BCUT2D eigenvalue weighted by atomic mass is 14.9. The molecule has 6 aromatic rings. The van der Waals surface area contributed by atoms with Crippen LogP contribution in [0.3, 0.4) is 0 Å². The number of nitrogens with zero attached hydrogens (tertiary/aromatic N) is 2. The molecule has 0 unspecified atom stereocenters. The summed E-state index contributed by atoms with van der Waals surface area (Å²) in [5.74, 6) is 0.728. The van der Waals surface area contributed by atoms with Crippen molar-refractivity contribution in [1.82, 2.24) is 9.97 Å². The van der Waals surface area contributed by atoms with Crippen molar-refractivity contribution >= 4 is 0 Å². The van der Waals surface area contributed by atoms with Crippen molar-refractivity contribution in [2.24, 2.45) is 0 Å². The second kappa shape index (κ2) is 10.7. The predicted octanol–water partition coefficient (Wildman–Crippen LogP) is 10.0. The van der Waals surface area contributed by atoms with Crippen molar-refractivity contribution in [1.29, 1.82) is 0 Å². The minimum Gasteiger partial charge on any atom is -0.237 e. The molecule has 0 bridgehead atoms. The van der Waals surface area contributed by atoms with Crippen molar-refractivity contribution in [2.75, 3.05) is 0 Å². The number of hydrogen-bond acceptors (Lipinski definition) is 2. The lowest BCUT2D eigenvalue weighted by Gasteiger charge is -2.10. The van der Waals surface area contributed by atoms with Crippen LogP contribution in [0.5, 0.6) is 0 Å². The van der Waals surface area contributed by atoms with Crippen LogP contribution in [0, 0.1) is 27.7 Å². The molecule has 0 amide bonds. The Morgan fingerprint density at radius 3 is 1.30 bits per heavy atom. The van der Waals surface area contributed by atoms with E-state index in [0.717, 1.165) is 22.6 Å². The van der Waals surface area contributed by atoms with Gasteiger partial charge in [-0.05, 0) is 85.3 Å². The summed E-state index contributed by atoms with van der Waals surface area (Å²) in [5, 5.41) is 0. The third-order valence-electron chi connectivity index (χ3n) is 7.24. The van der Waals surface area contributed by atoms with Gasteiger partial charge in [0.05, 0.1) is 5.69 Å². The monoisotopic (exact) mass is 516 g/mol. The van der Waals surface area contributed by atoms with Crippen LogP contribution >= 0.6 is 0 Å². The molecule has 5 aromatic carbocycles. The van der Waals surface area contributed by atoms with E-state index in [9.17, 15) is 0 Å². The van der Waals surface area contributed by atoms with Gasteiger partial charge in [-0.2, -0.15) is 0 Å². The van der Waals surface area contributed by atoms with Gasteiger partial charge in [-0.1, -0.05) is 113 Å². The molecule has 1 heterocycles. The second-order valence-corrected chi connectivity index (χ2v) is 10.8. The lowest BCUT2D eigenvalue weighted by atomic mass is 9.96. The highest BCUT2D eigenvalue weighted by molar-refractivity contribution is 5.77. The van der Waals surface area contributed by atoms with Crippen molar-refractivity contribution in [3.63, 3.8) is 0 Å². The van der Waals surface area contributed by atoms with Gasteiger partial charge in [0.1, 0.15) is 0 Å². The van der Waals surface area contributed by atoms with E-state index in [1.807, 2.05) is 12.3 Å². The molecule has 0 atom stereocenters. The van der Waals surface area contributed by atoms with Crippen molar-refractivity contribution in [2.45, 2.75) is 27.7 Å². The van der Waals surface area contributed by atoms with Crippen LogP contribution in [0.1, 0.15) is 22.3 Å². The molecular formula is C38H32N2. The Bertz CT molecular complexity index is 1670. The van der Waals surface area contributed by atoms with Gasteiger partial charge in [0.2, 0.25) is 0 Å². The van der Waals surface area contributed by atoms with Gasteiger partial charge in [0, 0.05) is 17.3 Å². The van der Waals surface area contributed by atoms with Crippen molar-refractivity contribution in [3.05, 3.63) is 144 Å². The normalized spacial score (nSPS) is 11.0. The maximum Gasteiger partial charge on any atom is 0.159 e. The van der Waals surface area contributed by atoms with Crippen LogP contribution in [0.2, 0.25) is 0 Å². The molecule has 0 saturated heterocycles. The Morgan fingerprint density at radius 2 is 0.775 bits per heavy atom. The first-order valence-electron chi connectivity index (χ1n) is 13.7. The van der Waals surface area contributed by atoms with Gasteiger partial charge < -0.3 is 0 Å². The second-order valence-electron chi connectivity index (χ2n) is 10.8. The SMILES string of the molecule is Cc1cc(C)cc(-c2cccc(-c3cccc(-c4ccnc(-c5cccc(-c6cc(C)cc(C)c6)c5)n4)c3)c2)c1. The standard InChI is InChI=1S/C38H32N2/c1-25-16-26(2)19-35(18-25)31-10-5-8-29(22-31)30-9-6-12-33(23-30)37-14-15-39-38(40-37)34-13-7-11-32(24-34)36-20-27(3)17-28(4)21-36/h5-24H,1-4H3. The van der Waals surface area contributed by atoms with Gasteiger partial charge in [0.25, 0.3) is 0 Å². The minimum absolute atomic E-state index is 0.728.